The molecule has 4 heteroatoms. The molecule has 0 bridgehead atoms. The minimum absolute atomic E-state index is 0.0270. The lowest BCUT2D eigenvalue weighted by molar-refractivity contribution is 0.196. The molecule has 4 N–H and O–H groups in total. The van der Waals surface area contributed by atoms with Gasteiger partial charge in [-0.1, -0.05) is 0 Å². The van der Waals surface area contributed by atoms with E-state index in [1.807, 2.05) is 0 Å². The Hall–Kier alpha value is -0.870. The van der Waals surface area contributed by atoms with Crippen molar-refractivity contribution in [2.24, 2.45) is 5.73 Å². The monoisotopic (exact) mass is 193 g/mol. The van der Waals surface area contributed by atoms with Crippen LogP contribution in [0.2, 0.25) is 0 Å². The van der Waals surface area contributed by atoms with Gasteiger partial charge in [0.25, 0.3) is 0 Å². The summed E-state index contributed by atoms with van der Waals surface area (Å²) in [6.07, 6.45) is 4.20. The van der Waals surface area contributed by atoms with Gasteiger partial charge in [0.2, 0.25) is 0 Å². The molecular weight excluding hydrogens is 178 g/mol. The summed E-state index contributed by atoms with van der Waals surface area (Å²) in [4.78, 5) is 0. The first-order valence-corrected chi connectivity index (χ1v) is 5.22. The molecule has 0 radical (unpaired) electrons. The zero-order valence-corrected chi connectivity index (χ0v) is 8.08. The predicted octanol–water partition coefficient (Wildman–Crippen LogP) is 0.380. The second kappa shape index (κ2) is 2.58. The number of nitrogens with two attached hydrogens (primary N) is 1. The summed E-state index contributed by atoms with van der Waals surface area (Å²) in [6, 6.07) is 0. The Morgan fingerprint density at radius 1 is 1.57 bits per heavy atom. The Morgan fingerprint density at radius 2 is 2.36 bits per heavy atom. The van der Waals surface area contributed by atoms with Crippen molar-refractivity contribution in [3.8, 4) is 0 Å². The van der Waals surface area contributed by atoms with Crippen LogP contribution in [0.15, 0.2) is 0 Å². The van der Waals surface area contributed by atoms with Gasteiger partial charge in [-0.15, -0.1) is 0 Å². The number of hydrogen-bond donors (Lipinski definition) is 3. The summed E-state index contributed by atoms with van der Waals surface area (Å²) in [5, 5.41) is 16.7. The van der Waals surface area contributed by atoms with Crippen LogP contribution in [0.5, 0.6) is 0 Å². The second-order valence-corrected chi connectivity index (χ2v) is 4.55. The number of aromatic amines is 1. The first kappa shape index (κ1) is 8.44. The average Bonchev–Trinajstić information content (AvgIpc) is 2.85. The van der Waals surface area contributed by atoms with Gasteiger partial charge in [-0.25, -0.2) is 0 Å². The van der Waals surface area contributed by atoms with E-state index in [2.05, 4.69) is 10.2 Å². The Balaban J connectivity index is 2.10. The number of aryl methyl sites for hydroxylation is 1. The van der Waals surface area contributed by atoms with E-state index in [0.29, 0.717) is 5.92 Å². The highest BCUT2D eigenvalue weighted by molar-refractivity contribution is 5.41. The maximum atomic E-state index is 9.35. The number of nitrogens with one attached hydrogen (secondary N) is 1. The van der Waals surface area contributed by atoms with Crippen LogP contribution in [0.3, 0.4) is 0 Å². The molecule has 1 atom stereocenters. The van der Waals surface area contributed by atoms with Crippen LogP contribution in [0.1, 0.15) is 42.1 Å². The lowest BCUT2D eigenvalue weighted by atomic mass is 9.92. The first-order chi connectivity index (χ1) is 6.74. The molecule has 2 aliphatic rings. The van der Waals surface area contributed by atoms with Crippen LogP contribution in [0.4, 0.5) is 0 Å². The molecule has 4 nitrogen and oxygen atoms in total. The topological polar surface area (TPSA) is 74.9 Å². The van der Waals surface area contributed by atoms with E-state index in [1.165, 1.54) is 12.8 Å². The van der Waals surface area contributed by atoms with Crippen LogP contribution in [-0.2, 0) is 12.0 Å². The highest BCUT2D eigenvalue weighted by Crippen LogP contribution is 2.46. The van der Waals surface area contributed by atoms with Crippen molar-refractivity contribution in [3.63, 3.8) is 0 Å². The maximum absolute atomic E-state index is 9.35. The van der Waals surface area contributed by atoms with Crippen molar-refractivity contribution < 1.29 is 5.11 Å². The molecule has 1 fully saturated rings. The highest BCUT2D eigenvalue weighted by Gasteiger charge is 2.42. The molecule has 0 amide bonds. The number of rotatable bonds is 2. The van der Waals surface area contributed by atoms with E-state index in [4.69, 9.17) is 5.73 Å². The molecule has 0 aliphatic heterocycles. The van der Waals surface area contributed by atoms with E-state index in [-0.39, 0.29) is 6.61 Å². The van der Waals surface area contributed by atoms with E-state index in [1.54, 1.807) is 0 Å². The third-order valence-corrected chi connectivity index (χ3v) is 3.43. The highest BCUT2D eigenvalue weighted by atomic mass is 16.3. The zero-order valence-electron chi connectivity index (χ0n) is 8.08. The molecular formula is C10H15N3O. The standard InChI is InChI=1S/C10H15N3O/c11-10(5-14)4-3-7-8(10)9(13-12-7)6-1-2-6/h6,14H,1-5,11H2,(H,12,13). The Kier molecular flexibility index (Phi) is 1.56. The molecule has 76 valence electrons. The number of aromatic nitrogens is 2. The minimum Gasteiger partial charge on any atom is -0.394 e. The van der Waals surface area contributed by atoms with Crippen LogP contribution in [0, 0.1) is 0 Å². The number of fused-ring (bicyclic) bond motifs is 1. The molecule has 0 spiro atoms. The largest absolute Gasteiger partial charge is 0.394 e. The van der Waals surface area contributed by atoms with Crippen LogP contribution in [-0.4, -0.2) is 21.9 Å². The summed E-state index contributed by atoms with van der Waals surface area (Å²) in [5.74, 6) is 0.600. The summed E-state index contributed by atoms with van der Waals surface area (Å²) in [6.45, 7) is 0.0270. The van der Waals surface area contributed by atoms with Crippen molar-refractivity contribution in [1.82, 2.24) is 10.2 Å². The smallest absolute Gasteiger partial charge is 0.0707 e. The van der Waals surface area contributed by atoms with Crippen molar-refractivity contribution in [2.45, 2.75) is 37.1 Å². The summed E-state index contributed by atoms with van der Waals surface area (Å²) >= 11 is 0. The minimum atomic E-state index is -0.528. The van der Waals surface area contributed by atoms with Crippen LogP contribution < -0.4 is 5.73 Å². The van der Waals surface area contributed by atoms with Gasteiger partial charge in [0.15, 0.2) is 0 Å². The zero-order chi connectivity index (χ0) is 9.76. The number of aliphatic hydroxyl groups is 1. The van der Waals surface area contributed by atoms with Crippen LogP contribution in [0.25, 0.3) is 0 Å². The Labute approximate surface area is 82.5 Å². The van der Waals surface area contributed by atoms with Gasteiger partial charge in [0.05, 0.1) is 17.8 Å². The van der Waals surface area contributed by atoms with Crippen molar-refractivity contribution in [3.05, 3.63) is 17.0 Å². The van der Waals surface area contributed by atoms with Gasteiger partial charge in [-0.2, -0.15) is 5.10 Å². The van der Waals surface area contributed by atoms with Gasteiger partial charge < -0.3 is 10.8 Å². The molecule has 3 rings (SSSR count). The fourth-order valence-electron chi connectivity index (χ4n) is 2.41. The van der Waals surface area contributed by atoms with Gasteiger partial charge in [-0.05, 0) is 25.7 Å². The Bertz CT molecular complexity index is 369. The number of H-pyrrole nitrogens is 1. The Morgan fingerprint density at radius 3 is 3.00 bits per heavy atom. The van der Waals surface area contributed by atoms with E-state index in [0.717, 1.165) is 29.8 Å². The molecule has 1 aromatic rings. The molecule has 0 saturated heterocycles. The number of hydrogen-bond acceptors (Lipinski definition) is 3. The fourth-order valence-corrected chi connectivity index (χ4v) is 2.41. The summed E-state index contributed by atoms with van der Waals surface area (Å²) in [5.41, 5.74) is 9.02. The van der Waals surface area contributed by atoms with Crippen molar-refractivity contribution in [2.75, 3.05) is 6.61 Å². The van der Waals surface area contributed by atoms with E-state index in [9.17, 15) is 5.11 Å². The predicted molar refractivity (Wildman–Crippen MR) is 51.8 cm³/mol. The number of aliphatic hydroxyl groups excluding tert-OH is 1. The van der Waals surface area contributed by atoms with Crippen LogP contribution >= 0.6 is 0 Å². The normalized spacial score (nSPS) is 30.7. The quantitative estimate of drug-likeness (QED) is 0.635. The molecule has 14 heavy (non-hydrogen) atoms. The second-order valence-electron chi connectivity index (χ2n) is 4.55. The average molecular weight is 193 g/mol. The number of nitrogens with zero attached hydrogens (tertiary/aromatic N) is 1. The summed E-state index contributed by atoms with van der Waals surface area (Å²) in [7, 11) is 0. The first-order valence-electron chi connectivity index (χ1n) is 5.22. The van der Waals surface area contributed by atoms with Crippen molar-refractivity contribution >= 4 is 0 Å². The van der Waals surface area contributed by atoms with Gasteiger partial charge >= 0.3 is 0 Å². The lowest BCUT2D eigenvalue weighted by Gasteiger charge is -2.22. The lowest BCUT2D eigenvalue weighted by Crippen LogP contribution is -2.38. The third kappa shape index (κ3) is 0.980. The van der Waals surface area contributed by atoms with Gasteiger partial charge in [-0.3, -0.25) is 5.10 Å². The molecule has 0 aromatic carbocycles. The molecule has 2 aliphatic carbocycles. The maximum Gasteiger partial charge on any atom is 0.0707 e. The summed E-state index contributed by atoms with van der Waals surface area (Å²) < 4.78 is 0. The van der Waals surface area contributed by atoms with E-state index >= 15 is 0 Å². The molecule has 1 heterocycles. The third-order valence-electron chi connectivity index (χ3n) is 3.43. The van der Waals surface area contributed by atoms with Crippen molar-refractivity contribution in [1.29, 1.82) is 0 Å². The molecule has 1 aromatic heterocycles. The molecule has 1 saturated carbocycles. The molecule has 1 unspecified atom stereocenters. The SMILES string of the molecule is NC1(CO)CCc2[nH]nc(C3CC3)c21. The van der Waals surface area contributed by atoms with Gasteiger partial charge in [0.1, 0.15) is 0 Å². The van der Waals surface area contributed by atoms with E-state index < -0.39 is 5.54 Å². The fraction of sp³-hybridized carbons (Fsp3) is 0.700. The van der Waals surface area contributed by atoms with Gasteiger partial charge in [0, 0.05) is 17.2 Å².